The molecule has 1 N–H and O–H groups in total. The molecule has 0 bridgehead atoms. The van der Waals surface area contributed by atoms with Gasteiger partial charge in [-0.05, 0) is 152 Å². The Hall–Kier alpha value is -5.61. The van der Waals surface area contributed by atoms with Crippen LogP contribution in [0.2, 0.25) is 0 Å². The van der Waals surface area contributed by atoms with E-state index in [1.54, 1.807) is 56.0 Å². The third-order valence-electron chi connectivity index (χ3n) is 10.2. The highest BCUT2D eigenvalue weighted by atomic mass is 35.7. The highest BCUT2D eigenvalue weighted by molar-refractivity contribution is 8.13. The van der Waals surface area contributed by atoms with Crippen LogP contribution in [0.5, 0.6) is 11.5 Å². The second-order valence-electron chi connectivity index (χ2n) is 18.5. The molecule has 392 valence electrons. The van der Waals surface area contributed by atoms with Crippen molar-refractivity contribution < 1.29 is 71.7 Å². The van der Waals surface area contributed by atoms with E-state index < -0.39 is 60.6 Å². The molecular formula is C48H59ClF6N4O10S2. The van der Waals surface area contributed by atoms with Crippen molar-refractivity contribution >= 4 is 53.3 Å². The number of hydrogen-bond donors (Lipinski definition) is 1. The Balaban J connectivity index is 0.000000257. The zero-order valence-electron chi connectivity index (χ0n) is 40.0. The molecule has 0 spiro atoms. The summed E-state index contributed by atoms with van der Waals surface area (Å²) in [5.74, 6) is -0.708. The summed E-state index contributed by atoms with van der Waals surface area (Å²) in [5.41, 5.74) is 0.474. The van der Waals surface area contributed by atoms with Gasteiger partial charge in [0.2, 0.25) is 0 Å². The molecule has 2 unspecified atom stereocenters. The predicted molar refractivity (Wildman–Crippen MR) is 256 cm³/mol. The summed E-state index contributed by atoms with van der Waals surface area (Å²) in [6.45, 7) is 14.5. The molecule has 0 radical (unpaired) electrons. The minimum absolute atomic E-state index is 0.0897. The Kier molecular flexibility index (Phi) is 20.1. The SMILES string of the molecule is CC(C)(C)OC(=O)N1CCCC(CN(c2ccccc2)S(=O)(=O)c2ccc(OC(F)(F)F)cc2)C1.CC(C)(C)OC(=O)N1CCCC(CNc2ccccc2)C1.O=S(=O)(Cl)c1ccc(OC(F)(F)F)cc1. The van der Waals surface area contributed by atoms with E-state index in [0.717, 1.165) is 86.7 Å². The lowest BCUT2D eigenvalue weighted by Crippen LogP contribution is -2.46. The van der Waals surface area contributed by atoms with Crippen molar-refractivity contribution in [2.24, 2.45) is 11.8 Å². The standard InChI is InChI=1S/C24H29F3N2O5S.C17H26N2O2.C7H4ClF3O3S/c1-23(2,3)34-22(30)28-15-7-8-18(16-28)17-29(19-9-5-4-6-10-19)35(31,32)21-13-11-20(12-14-21)33-24(25,26)27;1-17(2,3)21-16(20)19-11-7-8-14(13-19)12-18-15-9-5-4-6-10-15;8-15(12,13)6-3-1-5(2-4-6)14-7(9,10)11/h4-6,9-14,18H,7-8,15-17H2,1-3H3;4-6,9-10,14,18H,7-8,11-13H2,1-3H3;1-4H. The van der Waals surface area contributed by atoms with Gasteiger partial charge in [-0.15, -0.1) is 26.3 Å². The molecule has 2 heterocycles. The van der Waals surface area contributed by atoms with E-state index in [1.165, 1.54) is 4.31 Å². The van der Waals surface area contributed by atoms with E-state index in [4.69, 9.17) is 20.2 Å². The van der Waals surface area contributed by atoms with Crippen molar-refractivity contribution in [3.05, 3.63) is 109 Å². The lowest BCUT2D eigenvalue weighted by Gasteiger charge is -2.36. The van der Waals surface area contributed by atoms with Gasteiger partial charge in [-0.25, -0.2) is 26.4 Å². The monoisotopic (exact) mass is 1060 g/mol. The van der Waals surface area contributed by atoms with Crippen molar-refractivity contribution in [1.29, 1.82) is 0 Å². The molecule has 2 fully saturated rings. The number of likely N-dealkylation sites (tertiary alicyclic amines) is 2. The number of carbonyl (C=O) groups is 2. The summed E-state index contributed by atoms with van der Waals surface area (Å²) < 4.78 is 141. The molecule has 2 atom stereocenters. The van der Waals surface area contributed by atoms with E-state index in [-0.39, 0.29) is 28.3 Å². The quantitative estimate of drug-likeness (QED) is 0.112. The summed E-state index contributed by atoms with van der Waals surface area (Å²) in [6.07, 6.45) is -6.73. The average molecular weight is 1070 g/mol. The van der Waals surface area contributed by atoms with Crippen LogP contribution in [0, 0.1) is 11.8 Å². The minimum atomic E-state index is -4.88. The fourth-order valence-electron chi connectivity index (χ4n) is 7.16. The van der Waals surface area contributed by atoms with E-state index in [1.807, 2.05) is 43.9 Å². The smallest absolute Gasteiger partial charge is 0.444 e. The number of benzene rings is 4. The molecule has 6 rings (SSSR count). The molecule has 71 heavy (non-hydrogen) atoms. The highest BCUT2D eigenvalue weighted by Crippen LogP contribution is 2.31. The van der Waals surface area contributed by atoms with Gasteiger partial charge in [0.25, 0.3) is 19.1 Å². The number of para-hydroxylation sites is 2. The largest absolute Gasteiger partial charge is 0.573 e. The molecule has 2 saturated heterocycles. The first-order valence-corrected chi connectivity index (χ1v) is 26.1. The van der Waals surface area contributed by atoms with Crippen LogP contribution in [0.4, 0.5) is 47.3 Å². The van der Waals surface area contributed by atoms with Gasteiger partial charge in [-0.2, -0.15) is 0 Å². The fraction of sp³-hybridized carbons (Fsp3) is 0.458. The first-order valence-electron chi connectivity index (χ1n) is 22.4. The van der Waals surface area contributed by atoms with E-state index in [9.17, 15) is 52.8 Å². The van der Waals surface area contributed by atoms with Gasteiger partial charge in [0, 0.05) is 55.6 Å². The lowest BCUT2D eigenvalue weighted by molar-refractivity contribution is -0.275. The lowest BCUT2D eigenvalue weighted by atomic mass is 9.98. The molecule has 2 amide bonds. The minimum Gasteiger partial charge on any atom is -0.444 e. The summed E-state index contributed by atoms with van der Waals surface area (Å²) in [4.78, 5) is 27.6. The van der Waals surface area contributed by atoms with Gasteiger partial charge >= 0.3 is 24.9 Å². The Morgan fingerprint density at radius 2 is 1.03 bits per heavy atom. The third-order valence-corrected chi connectivity index (χ3v) is 13.3. The van der Waals surface area contributed by atoms with Crippen LogP contribution < -0.4 is 19.1 Å². The maximum atomic E-state index is 13.6. The van der Waals surface area contributed by atoms with Crippen LogP contribution in [0.1, 0.15) is 67.2 Å². The number of ether oxygens (including phenoxy) is 4. The molecule has 23 heteroatoms. The van der Waals surface area contributed by atoms with Crippen molar-refractivity contribution in [2.75, 3.05) is 48.9 Å². The molecule has 14 nitrogen and oxygen atoms in total. The topological polar surface area (TPSA) is 161 Å². The number of anilines is 2. The van der Waals surface area contributed by atoms with E-state index >= 15 is 0 Å². The highest BCUT2D eigenvalue weighted by Gasteiger charge is 2.35. The second kappa shape index (κ2) is 24.7. The molecule has 0 aromatic heterocycles. The molecule has 0 saturated carbocycles. The molecule has 2 aliphatic heterocycles. The number of alkyl halides is 6. The van der Waals surface area contributed by atoms with Gasteiger partial charge in [-0.1, -0.05) is 36.4 Å². The number of nitrogens with one attached hydrogen (secondary N) is 1. The molecule has 0 aliphatic carbocycles. The van der Waals surface area contributed by atoms with Crippen LogP contribution in [0.25, 0.3) is 0 Å². The summed E-state index contributed by atoms with van der Waals surface area (Å²) in [7, 11) is -3.09. The predicted octanol–water partition coefficient (Wildman–Crippen LogP) is 11.7. The second-order valence-corrected chi connectivity index (χ2v) is 22.9. The van der Waals surface area contributed by atoms with Crippen molar-refractivity contribution in [3.8, 4) is 11.5 Å². The van der Waals surface area contributed by atoms with Crippen LogP contribution in [0.15, 0.2) is 119 Å². The number of hydrogen-bond acceptors (Lipinski definition) is 11. The zero-order valence-corrected chi connectivity index (χ0v) is 42.4. The zero-order chi connectivity index (χ0) is 52.8. The van der Waals surface area contributed by atoms with Crippen LogP contribution in [0.3, 0.4) is 0 Å². The fourth-order valence-corrected chi connectivity index (χ4v) is 9.47. The number of carbonyl (C=O) groups excluding carboxylic acids is 2. The Labute approximate surface area is 415 Å². The normalized spacial score (nSPS) is 16.7. The van der Waals surface area contributed by atoms with Crippen LogP contribution in [-0.2, 0) is 28.5 Å². The first kappa shape index (κ1) is 58.0. The molecule has 2 aliphatic rings. The van der Waals surface area contributed by atoms with Gasteiger partial charge in [-0.3, -0.25) is 4.31 Å². The number of rotatable bonds is 11. The van der Waals surface area contributed by atoms with Crippen molar-refractivity contribution in [1.82, 2.24) is 9.80 Å². The number of amides is 2. The van der Waals surface area contributed by atoms with E-state index in [2.05, 4.69) is 26.9 Å². The number of halogens is 7. The van der Waals surface area contributed by atoms with Crippen molar-refractivity contribution in [3.63, 3.8) is 0 Å². The van der Waals surface area contributed by atoms with Crippen molar-refractivity contribution in [2.45, 2.75) is 101 Å². The molecule has 4 aromatic rings. The maximum Gasteiger partial charge on any atom is 0.573 e. The summed E-state index contributed by atoms with van der Waals surface area (Å²) in [6, 6.07) is 26.3. The Bertz CT molecular complexity index is 2530. The van der Waals surface area contributed by atoms with Gasteiger partial charge < -0.3 is 34.1 Å². The third kappa shape index (κ3) is 20.9. The molecular weight excluding hydrogens is 1010 g/mol. The summed E-state index contributed by atoms with van der Waals surface area (Å²) in [5, 5.41) is 3.44. The van der Waals surface area contributed by atoms with Crippen LogP contribution in [-0.4, -0.2) is 102 Å². The average Bonchev–Trinajstić information content (AvgIpc) is 3.26. The van der Waals surface area contributed by atoms with Gasteiger partial charge in [0.15, 0.2) is 0 Å². The van der Waals surface area contributed by atoms with Crippen LogP contribution >= 0.6 is 10.7 Å². The number of piperidine rings is 2. The molecule has 4 aromatic carbocycles. The number of sulfonamides is 1. The van der Waals surface area contributed by atoms with Gasteiger partial charge in [0.05, 0.1) is 15.5 Å². The van der Waals surface area contributed by atoms with E-state index in [0.29, 0.717) is 37.5 Å². The Morgan fingerprint density at radius 1 is 0.620 bits per heavy atom. The maximum absolute atomic E-state index is 13.6. The Morgan fingerprint density at radius 3 is 1.45 bits per heavy atom. The van der Waals surface area contributed by atoms with Gasteiger partial charge in [0.1, 0.15) is 22.7 Å². The first-order chi connectivity index (χ1) is 32.9. The summed E-state index contributed by atoms with van der Waals surface area (Å²) >= 11 is 0. The number of nitrogens with zero attached hydrogens (tertiary/aromatic N) is 3.